The van der Waals surface area contributed by atoms with Crippen LogP contribution >= 0.6 is 0 Å². The molecule has 2 heterocycles. The van der Waals surface area contributed by atoms with Gasteiger partial charge in [0.05, 0.1) is 26.0 Å². The lowest BCUT2D eigenvalue weighted by Crippen LogP contribution is -2.24. The van der Waals surface area contributed by atoms with Crippen molar-refractivity contribution in [2.75, 3.05) is 14.2 Å². The molecule has 0 N–H and O–H groups in total. The topological polar surface area (TPSA) is 56.1 Å². The third-order valence-corrected chi connectivity index (χ3v) is 5.14. The zero-order valence-electron chi connectivity index (χ0n) is 16.7. The van der Waals surface area contributed by atoms with Crippen molar-refractivity contribution in [1.29, 1.82) is 0 Å². The summed E-state index contributed by atoms with van der Waals surface area (Å²) >= 11 is 0. The molecule has 148 valence electrons. The van der Waals surface area contributed by atoms with Crippen molar-refractivity contribution in [2.24, 2.45) is 5.10 Å². The van der Waals surface area contributed by atoms with Gasteiger partial charge in [-0.05, 0) is 42.0 Å². The summed E-state index contributed by atoms with van der Waals surface area (Å²) in [5.41, 5.74) is 3.87. The van der Waals surface area contributed by atoms with Gasteiger partial charge < -0.3 is 14.0 Å². The molecule has 2 aromatic carbocycles. The smallest absolute Gasteiger partial charge is 0.240 e. The highest BCUT2D eigenvalue weighted by atomic mass is 16.5. The summed E-state index contributed by atoms with van der Waals surface area (Å²) in [5, 5.41) is 6.17. The van der Waals surface area contributed by atoms with E-state index in [1.165, 1.54) is 6.92 Å². The number of carbonyl (C=O) groups is 1. The monoisotopic (exact) mass is 389 g/mol. The van der Waals surface area contributed by atoms with Crippen LogP contribution in [-0.4, -0.2) is 35.4 Å². The minimum Gasteiger partial charge on any atom is -0.497 e. The molecule has 0 bridgehead atoms. The van der Waals surface area contributed by atoms with Gasteiger partial charge in [-0.1, -0.05) is 12.1 Å². The third kappa shape index (κ3) is 3.61. The Balaban J connectivity index is 1.64. The Kier molecular flexibility index (Phi) is 5.08. The van der Waals surface area contributed by atoms with Gasteiger partial charge in [-0.25, -0.2) is 5.01 Å². The number of aromatic nitrogens is 1. The molecule has 1 aromatic heterocycles. The molecule has 0 saturated carbocycles. The fourth-order valence-electron chi connectivity index (χ4n) is 3.64. The average Bonchev–Trinajstić information content (AvgIpc) is 3.43. The first-order valence-electron chi connectivity index (χ1n) is 9.43. The molecular formula is C23H23N3O3. The molecule has 0 radical (unpaired) electrons. The first-order valence-corrected chi connectivity index (χ1v) is 9.43. The summed E-state index contributed by atoms with van der Waals surface area (Å²) in [5.74, 6) is 1.28. The summed E-state index contributed by atoms with van der Waals surface area (Å²) in [6.45, 7) is 1.53. The number of methoxy groups -OCH3 is 2. The summed E-state index contributed by atoms with van der Waals surface area (Å²) in [7, 11) is 3.23. The standard InChI is InChI=1S/C23H23N3O3/c1-16(27)26-22(20-11-10-19(28-2)14-23(20)29-3)15-21(24-26)17-6-8-18(9-7-17)25-12-4-5-13-25/h4-14,22H,15H2,1-3H3. The fourth-order valence-corrected chi connectivity index (χ4v) is 3.64. The Bertz CT molecular complexity index is 1040. The molecule has 1 aliphatic rings. The molecule has 1 atom stereocenters. The second kappa shape index (κ2) is 7.83. The van der Waals surface area contributed by atoms with Gasteiger partial charge in [-0.15, -0.1) is 0 Å². The Labute approximate surface area is 170 Å². The van der Waals surface area contributed by atoms with Crippen LogP contribution < -0.4 is 9.47 Å². The van der Waals surface area contributed by atoms with Crippen LogP contribution in [0.5, 0.6) is 11.5 Å². The van der Waals surface area contributed by atoms with Crippen LogP contribution in [0.15, 0.2) is 72.1 Å². The molecule has 1 amide bonds. The lowest BCUT2D eigenvalue weighted by atomic mass is 9.97. The zero-order chi connectivity index (χ0) is 20.4. The van der Waals surface area contributed by atoms with Crippen molar-refractivity contribution in [3.05, 3.63) is 78.1 Å². The number of carbonyl (C=O) groups excluding carboxylic acids is 1. The van der Waals surface area contributed by atoms with Gasteiger partial charge in [-0.2, -0.15) is 5.10 Å². The number of hydrogen-bond donors (Lipinski definition) is 0. The summed E-state index contributed by atoms with van der Waals surface area (Å²) in [6.07, 6.45) is 4.63. The molecule has 0 saturated heterocycles. The summed E-state index contributed by atoms with van der Waals surface area (Å²) in [6, 6.07) is 17.6. The van der Waals surface area contributed by atoms with E-state index in [9.17, 15) is 4.79 Å². The van der Waals surface area contributed by atoms with E-state index in [0.717, 1.165) is 22.5 Å². The summed E-state index contributed by atoms with van der Waals surface area (Å²) < 4.78 is 12.9. The van der Waals surface area contributed by atoms with Crippen molar-refractivity contribution < 1.29 is 14.3 Å². The maximum Gasteiger partial charge on any atom is 0.240 e. The van der Waals surface area contributed by atoms with Crippen LogP contribution in [0, 0.1) is 0 Å². The normalized spacial score (nSPS) is 15.9. The number of benzene rings is 2. The van der Waals surface area contributed by atoms with E-state index in [2.05, 4.69) is 17.2 Å². The average molecular weight is 389 g/mol. The molecule has 1 unspecified atom stereocenters. The lowest BCUT2D eigenvalue weighted by molar-refractivity contribution is -0.130. The number of ether oxygens (including phenoxy) is 2. The van der Waals surface area contributed by atoms with Crippen molar-refractivity contribution >= 4 is 11.6 Å². The van der Waals surface area contributed by atoms with E-state index in [0.29, 0.717) is 17.9 Å². The lowest BCUT2D eigenvalue weighted by Gasteiger charge is -2.22. The number of amides is 1. The Morgan fingerprint density at radius 2 is 1.76 bits per heavy atom. The van der Waals surface area contributed by atoms with Crippen molar-refractivity contribution in [3.63, 3.8) is 0 Å². The van der Waals surface area contributed by atoms with Crippen molar-refractivity contribution in [3.8, 4) is 17.2 Å². The molecule has 29 heavy (non-hydrogen) atoms. The van der Waals surface area contributed by atoms with E-state index in [4.69, 9.17) is 9.47 Å². The van der Waals surface area contributed by atoms with Crippen LogP contribution in [-0.2, 0) is 4.79 Å². The van der Waals surface area contributed by atoms with E-state index in [1.807, 2.05) is 59.4 Å². The largest absolute Gasteiger partial charge is 0.497 e. The van der Waals surface area contributed by atoms with Crippen LogP contribution in [0.3, 0.4) is 0 Å². The van der Waals surface area contributed by atoms with Crippen molar-refractivity contribution in [1.82, 2.24) is 9.58 Å². The van der Waals surface area contributed by atoms with Crippen LogP contribution in [0.25, 0.3) is 5.69 Å². The van der Waals surface area contributed by atoms with Gasteiger partial charge in [0.1, 0.15) is 11.5 Å². The minimum atomic E-state index is -0.215. The van der Waals surface area contributed by atoms with Crippen molar-refractivity contribution in [2.45, 2.75) is 19.4 Å². The highest BCUT2D eigenvalue weighted by Crippen LogP contribution is 2.39. The number of hydrazone groups is 1. The Morgan fingerprint density at radius 3 is 2.38 bits per heavy atom. The molecule has 6 heteroatoms. The third-order valence-electron chi connectivity index (χ3n) is 5.14. The molecule has 0 spiro atoms. The van der Waals surface area contributed by atoms with Gasteiger partial charge in [-0.3, -0.25) is 4.79 Å². The molecule has 4 rings (SSSR count). The minimum absolute atomic E-state index is 0.105. The van der Waals surface area contributed by atoms with Gasteiger partial charge >= 0.3 is 0 Å². The van der Waals surface area contributed by atoms with Crippen LogP contribution in [0.1, 0.15) is 30.5 Å². The first-order chi connectivity index (χ1) is 14.1. The predicted molar refractivity (Wildman–Crippen MR) is 112 cm³/mol. The maximum absolute atomic E-state index is 12.3. The van der Waals surface area contributed by atoms with Gasteiger partial charge in [0, 0.05) is 43.1 Å². The van der Waals surface area contributed by atoms with Crippen LogP contribution in [0.2, 0.25) is 0 Å². The molecule has 0 aliphatic carbocycles. The quantitative estimate of drug-likeness (QED) is 0.657. The molecule has 1 aliphatic heterocycles. The molecular weight excluding hydrogens is 366 g/mol. The van der Waals surface area contributed by atoms with Crippen LogP contribution in [0.4, 0.5) is 0 Å². The number of nitrogens with zero attached hydrogens (tertiary/aromatic N) is 3. The Morgan fingerprint density at radius 1 is 1.03 bits per heavy atom. The fraction of sp³-hybridized carbons (Fsp3) is 0.217. The van der Waals surface area contributed by atoms with E-state index >= 15 is 0 Å². The molecule has 3 aromatic rings. The van der Waals surface area contributed by atoms with Gasteiger partial charge in [0.15, 0.2) is 0 Å². The molecule has 0 fully saturated rings. The zero-order valence-corrected chi connectivity index (χ0v) is 16.7. The van der Waals surface area contributed by atoms with E-state index < -0.39 is 0 Å². The second-order valence-corrected chi connectivity index (χ2v) is 6.88. The van der Waals surface area contributed by atoms with E-state index in [-0.39, 0.29) is 11.9 Å². The van der Waals surface area contributed by atoms with E-state index in [1.54, 1.807) is 19.2 Å². The number of rotatable bonds is 5. The maximum atomic E-state index is 12.3. The number of hydrogen-bond acceptors (Lipinski definition) is 4. The first kappa shape index (κ1) is 18.8. The molecule has 6 nitrogen and oxygen atoms in total. The SMILES string of the molecule is COc1ccc(C2CC(c3ccc(-n4cccc4)cc3)=NN2C(C)=O)c(OC)c1. The highest BCUT2D eigenvalue weighted by Gasteiger charge is 2.33. The van der Waals surface area contributed by atoms with Gasteiger partial charge in [0.25, 0.3) is 0 Å². The predicted octanol–water partition coefficient (Wildman–Crippen LogP) is 4.19. The van der Waals surface area contributed by atoms with Gasteiger partial charge in [0.2, 0.25) is 5.91 Å². The second-order valence-electron chi connectivity index (χ2n) is 6.88. The summed E-state index contributed by atoms with van der Waals surface area (Å²) in [4.78, 5) is 12.3. The highest BCUT2D eigenvalue weighted by molar-refractivity contribution is 6.03. The Hall–Kier alpha value is -3.54.